The van der Waals surface area contributed by atoms with E-state index in [1.54, 1.807) is 0 Å². The van der Waals surface area contributed by atoms with Gasteiger partial charge in [0.15, 0.2) is 0 Å². The summed E-state index contributed by atoms with van der Waals surface area (Å²) in [7, 11) is 0. The Morgan fingerprint density at radius 1 is 0.969 bits per heavy atom. The number of anilines is 1. The summed E-state index contributed by atoms with van der Waals surface area (Å²) in [5.74, 6) is -0.423. The summed E-state index contributed by atoms with van der Waals surface area (Å²) in [5, 5.41) is 9.77. The minimum absolute atomic E-state index is 0.0593. The molecule has 1 aliphatic heterocycles. The van der Waals surface area contributed by atoms with Crippen molar-refractivity contribution in [3.8, 4) is 17.2 Å². The van der Waals surface area contributed by atoms with E-state index in [0.29, 0.717) is 12.0 Å². The number of nitriles is 1. The van der Waals surface area contributed by atoms with Crippen LogP contribution in [-0.2, 0) is 17.6 Å². The third-order valence-corrected chi connectivity index (χ3v) is 6.32. The van der Waals surface area contributed by atoms with Gasteiger partial charge in [0.1, 0.15) is 0 Å². The zero-order valence-corrected chi connectivity index (χ0v) is 18.6. The molecule has 32 heavy (non-hydrogen) atoms. The van der Waals surface area contributed by atoms with Crippen LogP contribution in [0.25, 0.3) is 11.1 Å². The van der Waals surface area contributed by atoms with E-state index in [1.807, 2.05) is 12.1 Å². The summed E-state index contributed by atoms with van der Waals surface area (Å²) in [6.07, 6.45) is 4.40. The summed E-state index contributed by atoms with van der Waals surface area (Å²) < 4.78 is 0. The lowest BCUT2D eigenvalue weighted by Crippen LogP contribution is -2.30. The highest BCUT2D eigenvalue weighted by Gasteiger charge is 2.20. The van der Waals surface area contributed by atoms with Crippen molar-refractivity contribution in [2.45, 2.75) is 39.0 Å². The summed E-state index contributed by atoms with van der Waals surface area (Å²) in [5.41, 5.74) is 13.7. The van der Waals surface area contributed by atoms with Crippen LogP contribution in [0.1, 0.15) is 47.1 Å². The Morgan fingerprint density at radius 2 is 1.69 bits per heavy atom. The van der Waals surface area contributed by atoms with Crippen LogP contribution in [0.5, 0.6) is 0 Å². The number of rotatable bonds is 6. The van der Waals surface area contributed by atoms with E-state index in [9.17, 15) is 10.1 Å². The van der Waals surface area contributed by atoms with Crippen LogP contribution >= 0.6 is 0 Å². The van der Waals surface area contributed by atoms with Gasteiger partial charge in [-0.3, -0.25) is 4.79 Å². The van der Waals surface area contributed by atoms with Crippen LogP contribution in [0.15, 0.2) is 60.7 Å². The molecular formula is C28H29N3O. The lowest BCUT2D eigenvalue weighted by atomic mass is 9.86. The second-order valence-electron chi connectivity index (χ2n) is 8.59. The van der Waals surface area contributed by atoms with Crippen LogP contribution in [0.2, 0.25) is 0 Å². The molecule has 0 atom stereocenters. The maximum absolute atomic E-state index is 12.0. The Morgan fingerprint density at radius 3 is 2.38 bits per heavy atom. The van der Waals surface area contributed by atoms with Gasteiger partial charge in [-0.25, -0.2) is 0 Å². The number of aryl methyl sites for hydroxylation is 1. The number of nitrogens with zero attached hydrogens (tertiary/aromatic N) is 2. The number of para-hydroxylation sites is 1. The Bertz CT molecular complexity index is 1150. The van der Waals surface area contributed by atoms with Crippen molar-refractivity contribution < 1.29 is 4.79 Å². The number of piperidine rings is 1. The van der Waals surface area contributed by atoms with Crippen molar-refractivity contribution in [1.29, 1.82) is 5.26 Å². The molecule has 1 amide bonds. The van der Waals surface area contributed by atoms with Crippen molar-refractivity contribution in [1.82, 2.24) is 0 Å². The fourth-order valence-corrected chi connectivity index (χ4v) is 4.67. The van der Waals surface area contributed by atoms with Crippen molar-refractivity contribution >= 4 is 11.6 Å². The molecule has 4 rings (SSSR count). The second-order valence-corrected chi connectivity index (χ2v) is 8.59. The van der Waals surface area contributed by atoms with Crippen molar-refractivity contribution in [3.05, 3.63) is 88.5 Å². The monoisotopic (exact) mass is 423 g/mol. The molecule has 3 aromatic rings. The van der Waals surface area contributed by atoms with Gasteiger partial charge in [-0.15, -0.1) is 0 Å². The first kappa shape index (κ1) is 21.6. The molecule has 1 aliphatic rings. The van der Waals surface area contributed by atoms with Gasteiger partial charge in [-0.05, 0) is 66.1 Å². The molecular weight excluding hydrogens is 394 g/mol. The van der Waals surface area contributed by atoms with Gasteiger partial charge in [0.2, 0.25) is 5.91 Å². The Balaban J connectivity index is 1.86. The number of carbonyl (C=O) groups excluding carboxylic acids is 1. The summed E-state index contributed by atoms with van der Waals surface area (Å²) >= 11 is 0. The first-order valence-electron chi connectivity index (χ1n) is 11.3. The van der Waals surface area contributed by atoms with Gasteiger partial charge in [0, 0.05) is 25.2 Å². The minimum Gasteiger partial charge on any atom is -0.371 e. The Hall–Kier alpha value is -3.58. The second kappa shape index (κ2) is 9.70. The third kappa shape index (κ3) is 4.68. The average Bonchev–Trinajstić information content (AvgIpc) is 2.81. The van der Waals surface area contributed by atoms with Gasteiger partial charge in [0.25, 0.3) is 0 Å². The number of benzene rings is 3. The molecule has 3 aromatic carbocycles. The Kier molecular flexibility index (Phi) is 6.56. The normalized spacial score (nSPS) is 13.6. The molecule has 1 fully saturated rings. The lowest BCUT2D eigenvalue weighted by molar-refractivity contribution is -0.117. The molecule has 2 N–H and O–H groups in total. The van der Waals surface area contributed by atoms with Gasteiger partial charge >= 0.3 is 0 Å². The smallest absolute Gasteiger partial charge is 0.221 e. The highest BCUT2D eigenvalue weighted by molar-refractivity contribution is 5.81. The number of nitrogens with two attached hydrogens (primary N) is 1. The van der Waals surface area contributed by atoms with Crippen LogP contribution in [-0.4, -0.2) is 19.0 Å². The number of hydrogen-bond donors (Lipinski definition) is 1. The SMILES string of the molecule is Cc1ccc(-c2ccc(C#N)c(CC(N)=O)c2Cc2ccccc2N2CCCCC2)cc1. The first-order valence-corrected chi connectivity index (χ1v) is 11.3. The molecule has 4 heteroatoms. The summed E-state index contributed by atoms with van der Waals surface area (Å²) in [4.78, 5) is 14.4. The van der Waals surface area contributed by atoms with Gasteiger partial charge in [-0.1, -0.05) is 54.1 Å². The number of amides is 1. The van der Waals surface area contributed by atoms with E-state index in [2.05, 4.69) is 66.4 Å². The Labute approximate surface area is 190 Å². The van der Waals surface area contributed by atoms with E-state index in [0.717, 1.165) is 35.3 Å². The van der Waals surface area contributed by atoms with Gasteiger partial charge in [-0.2, -0.15) is 5.26 Å². The molecule has 162 valence electrons. The standard InChI is InChI=1S/C28H29N3O/c1-20-9-11-21(12-10-20)24-14-13-23(19-29)25(18-28(30)32)26(24)17-22-7-3-4-8-27(22)31-15-5-2-6-16-31/h3-4,7-14H,2,5-6,15-18H2,1H3,(H2,30,32). The maximum atomic E-state index is 12.0. The van der Waals surface area contributed by atoms with Gasteiger partial charge < -0.3 is 10.6 Å². The summed E-state index contributed by atoms with van der Waals surface area (Å²) in [6.45, 7) is 4.19. The highest BCUT2D eigenvalue weighted by Crippen LogP contribution is 2.34. The largest absolute Gasteiger partial charge is 0.371 e. The average molecular weight is 424 g/mol. The fraction of sp³-hybridized carbons (Fsp3) is 0.286. The fourth-order valence-electron chi connectivity index (χ4n) is 4.67. The molecule has 0 radical (unpaired) electrons. The molecule has 4 nitrogen and oxygen atoms in total. The van der Waals surface area contributed by atoms with Crippen molar-refractivity contribution in [2.75, 3.05) is 18.0 Å². The first-order chi connectivity index (χ1) is 15.6. The number of hydrogen-bond acceptors (Lipinski definition) is 3. The van der Waals surface area contributed by atoms with E-state index in [1.165, 1.54) is 36.1 Å². The molecule has 0 spiro atoms. The molecule has 0 aromatic heterocycles. The highest BCUT2D eigenvalue weighted by atomic mass is 16.1. The van der Waals surface area contributed by atoms with Crippen LogP contribution in [0.4, 0.5) is 5.69 Å². The van der Waals surface area contributed by atoms with Crippen LogP contribution in [0.3, 0.4) is 0 Å². The lowest BCUT2D eigenvalue weighted by Gasteiger charge is -2.31. The van der Waals surface area contributed by atoms with E-state index in [-0.39, 0.29) is 6.42 Å². The molecule has 1 heterocycles. The van der Waals surface area contributed by atoms with E-state index >= 15 is 0 Å². The van der Waals surface area contributed by atoms with Crippen molar-refractivity contribution in [3.63, 3.8) is 0 Å². The number of primary amides is 1. The predicted molar refractivity (Wildman–Crippen MR) is 130 cm³/mol. The predicted octanol–water partition coefficient (Wildman–Crippen LogP) is 5.14. The number of carbonyl (C=O) groups is 1. The molecule has 0 bridgehead atoms. The third-order valence-electron chi connectivity index (χ3n) is 6.32. The summed E-state index contributed by atoms with van der Waals surface area (Å²) in [6, 6.07) is 23.0. The van der Waals surface area contributed by atoms with Crippen LogP contribution < -0.4 is 10.6 Å². The van der Waals surface area contributed by atoms with E-state index in [4.69, 9.17) is 5.73 Å². The zero-order valence-electron chi connectivity index (χ0n) is 18.6. The molecule has 0 unspecified atom stereocenters. The topological polar surface area (TPSA) is 70.1 Å². The molecule has 1 saturated heterocycles. The molecule has 0 saturated carbocycles. The van der Waals surface area contributed by atoms with E-state index < -0.39 is 5.91 Å². The minimum atomic E-state index is -0.423. The van der Waals surface area contributed by atoms with Crippen molar-refractivity contribution in [2.24, 2.45) is 5.73 Å². The quantitative estimate of drug-likeness (QED) is 0.597. The van der Waals surface area contributed by atoms with Gasteiger partial charge in [0.05, 0.1) is 18.1 Å². The molecule has 0 aliphatic carbocycles. The zero-order chi connectivity index (χ0) is 22.5. The maximum Gasteiger partial charge on any atom is 0.221 e. The van der Waals surface area contributed by atoms with Crippen LogP contribution in [0, 0.1) is 18.3 Å².